The van der Waals surface area contributed by atoms with Gasteiger partial charge in [-0.25, -0.2) is 0 Å². The standard InChI is InChI=1S/C14H15Cl2NO/c15-10-8-13(16)12-4-6-17(14(12)9-10)5-3-11-2-1-7-18-11/h4,6,8-9,11H,1-3,5,7H2. The minimum atomic E-state index is 0.414. The van der Waals surface area contributed by atoms with Gasteiger partial charge in [-0.15, -0.1) is 0 Å². The number of benzene rings is 1. The summed E-state index contributed by atoms with van der Waals surface area (Å²) in [4.78, 5) is 0. The number of fused-ring (bicyclic) bond motifs is 1. The summed E-state index contributed by atoms with van der Waals surface area (Å²) in [5.41, 5.74) is 1.10. The molecular weight excluding hydrogens is 269 g/mol. The summed E-state index contributed by atoms with van der Waals surface area (Å²) in [7, 11) is 0. The van der Waals surface area contributed by atoms with Gasteiger partial charge in [0, 0.05) is 29.8 Å². The van der Waals surface area contributed by atoms with Crippen molar-refractivity contribution in [3.8, 4) is 0 Å². The summed E-state index contributed by atoms with van der Waals surface area (Å²) in [6.45, 7) is 1.86. The molecule has 0 bridgehead atoms. The van der Waals surface area contributed by atoms with Gasteiger partial charge >= 0.3 is 0 Å². The van der Waals surface area contributed by atoms with Crippen molar-refractivity contribution in [3.63, 3.8) is 0 Å². The Labute approximate surface area is 116 Å². The molecule has 1 aliphatic rings. The Bertz CT molecular complexity index is 558. The van der Waals surface area contributed by atoms with Crippen LogP contribution in [-0.2, 0) is 11.3 Å². The molecule has 1 unspecified atom stereocenters. The summed E-state index contributed by atoms with van der Waals surface area (Å²) < 4.78 is 7.85. The molecule has 1 aliphatic heterocycles. The van der Waals surface area contributed by atoms with E-state index in [1.54, 1.807) is 6.07 Å². The van der Waals surface area contributed by atoms with Gasteiger partial charge in [0.25, 0.3) is 0 Å². The van der Waals surface area contributed by atoms with Crippen molar-refractivity contribution in [2.45, 2.75) is 31.9 Å². The minimum Gasteiger partial charge on any atom is -0.378 e. The van der Waals surface area contributed by atoms with Gasteiger partial charge in [-0.1, -0.05) is 23.2 Å². The molecule has 1 aromatic carbocycles. The van der Waals surface area contributed by atoms with Gasteiger partial charge in [-0.2, -0.15) is 0 Å². The first kappa shape index (κ1) is 12.3. The van der Waals surface area contributed by atoms with Crippen LogP contribution in [0.1, 0.15) is 19.3 Å². The van der Waals surface area contributed by atoms with Crippen molar-refractivity contribution >= 4 is 34.1 Å². The van der Waals surface area contributed by atoms with Gasteiger partial charge in [0.1, 0.15) is 0 Å². The third kappa shape index (κ3) is 2.37. The molecule has 4 heteroatoms. The van der Waals surface area contributed by atoms with Crippen molar-refractivity contribution in [3.05, 3.63) is 34.4 Å². The molecule has 1 atom stereocenters. The highest BCUT2D eigenvalue weighted by atomic mass is 35.5. The average molecular weight is 284 g/mol. The van der Waals surface area contributed by atoms with Crippen molar-refractivity contribution in [1.29, 1.82) is 0 Å². The summed E-state index contributed by atoms with van der Waals surface area (Å²) in [6, 6.07) is 5.80. The molecule has 1 fully saturated rings. The highest BCUT2D eigenvalue weighted by molar-refractivity contribution is 6.38. The molecule has 1 saturated heterocycles. The first-order valence-electron chi connectivity index (χ1n) is 6.29. The molecule has 0 amide bonds. The van der Waals surface area contributed by atoms with E-state index in [1.165, 1.54) is 12.8 Å². The van der Waals surface area contributed by atoms with Crippen LogP contribution in [-0.4, -0.2) is 17.3 Å². The molecule has 96 valence electrons. The lowest BCUT2D eigenvalue weighted by Gasteiger charge is -2.11. The lowest BCUT2D eigenvalue weighted by molar-refractivity contribution is 0.101. The second-order valence-electron chi connectivity index (χ2n) is 4.75. The van der Waals surface area contributed by atoms with Gasteiger partial charge in [-0.05, 0) is 37.5 Å². The lowest BCUT2D eigenvalue weighted by Crippen LogP contribution is -2.09. The summed E-state index contributed by atoms with van der Waals surface area (Å²) >= 11 is 12.2. The van der Waals surface area contributed by atoms with Gasteiger partial charge in [-0.3, -0.25) is 0 Å². The zero-order valence-electron chi connectivity index (χ0n) is 10.0. The Morgan fingerprint density at radius 1 is 1.33 bits per heavy atom. The van der Waals surface area contributed by atoms with E-state index in [4.69, 9.17) is 27.9 Å². The van der Waals surface area contributed by atoms with Gasteiger partial charge in [0.15, 0.2) is 0 Å². The molecule has 2 heterocycles. The zero-order chi connectivity index (χ0) is 12.5. The number of aryl methyl sites for hydroxylation is 1. The number of rotatable bonds is 3. The predicted octanol–water partition coefficient (Wildman–Crippen LogP) is 4.52. The van der Waals surface area contributed by atoms with Crippen LogP contribution >= 0.6 is 23.2 Å². The first-order valence-corrected chi connectivity index (χ1v) is 7.05. The summed E-state index contributed by atoms with van der Waals surface area (Å²) in [6.07, 6.45) is 5.91. The molecular formula is C14H15Cl2NO. The number of aromatic nitrogens is 1. The van der Waals surface area contributed by atoms with Gasteiger partial charge in [0.2, 0.25) is 0 Å². The van der Waals surface area contributed by atoms with Crippen molar-refractivity contribution in [2.75, 3.05) is 6.61 Å². The van der Waals surface area contributed by atoms with Gasteiger partial charge < -0.3 is 9.30 Å². The Balaban J connectivity index is 1.83. The van der Waals surface area contributed by atoms with E-state index in [0.29, 0.717) is 16.1 Å². The quantitative estimate of drug-likeness (QED) is 0.808. The minimum absolute atomic E-state index is 0.414. The van der Waals surface area contributed by atoms with Crippen LogP contribution in [0.4, 0.5) is 0 Å². The third-order valence-corrected chi connectivity index (χ3v) is 4.05. The average Bonchev–Trinajstić information content (AvgIpc) is 2.94. The van der Waals surface area contributed by atoms with Crippen LogP contribution in [0, 0.1) is 0 Å². The molecule has 0 spiro atoms. The first-order chi connectivity index (χ1) is 8.74. The van der Waals surface area contributed by atoms with Crippen molar-refractivity contribution in [2.24, 2.45) is 0 Å². The molecule has 0 N–H and O–H groups in total. The highest BCUT2D eigenvalue weighted by Crippen LogP contribution is 2.29. The molecule has 0 saturated carbocycles. The fourth-order valence-electron chi connectivity index (χ4n) is 2.57. The van der Waals surface area contributed by atoms with Crippen LogP contribution in [0.2, 0.25) is 10.0 Å². The van der Waals surface area contributed by atoms with E-state index in [2.05, 4.69) is 10.8 Å². The van der Waals surface area contributed by atoms with Crippen molar-refractivity contribution < 1.29 is 4.74 Å². The summed E-state index contributed by atoms with van der Waals surface area (Å²) in [5.74, 6) is 0. The van der Waals surface area contributed by atoms with Gasteiger partial charge in [0.05, 0.1) is 16.6 Å². The highest BCUT2D eigenvalue weighted by Gasteiger charge is 2.15. The summed E-state index contributed by atoms with van der Waals surface area (Å²) in [5, 5.41) is 2.46. The number of nitrogens with zero attached hydrogens (tertiary/aromatic N) is 1. The molecule has 0 radical (unpaired) electrons. The zero-order valence-corrected chi connectivity index (χ0v) is 11.5. The fraction of sp³-hybridized carbons (Fsp3) is 0.429. The van der Waals surface area contributed by atoms with E-state index in [0.717, 1.165) is 30.5 Å². The van der Waals surface area contributed by atoms with E-state index < -0.39 is 0 Å². The predicted molar refractivity (Wildman–Crippen MR) is 75.5 cm³/mol. The van der Waals surface area contributed by atoms with Crippen LogP contribution in [0.25, 0.3) is 10.9 Å². The maximum Gasteiger partial charge on any atom is 0.0593 e. The maximum absolute atomic E-state index is 6.18. The molecule has 2 nitrogen and oxygen atoms in total. The molecule has 0 aliphatic carbocycles. The Morgan fingerprint density at radius 3 is 3.00 bits per heavy atom. The molecule has 1 aromatic heterocycles. The van der Waals surface area contributed by atoms with E-state index in [-0.39, 0.29) is 0 Å². The normalized spacial score (nSPS) is 19.8. The van der Waals surface area contributed by atoms with Crippen LogP contribution in [0.15, 0.2) is 24.4 Å². The maximum atomic E-state index is 6.18. The number of ether oxygens (including phenoxy) is 1. The van der Waals surface area contributed by atoms with E-state index >= 15 is 0 Å². The number of hydrogen-bond donors (Lipinski definition) is 0. The number of hydrogen-bond acceptors (Lipinski definition) is 1. The monoisotopic (exact) mass is 283 g/mol. The SMILES string of the molecule is Clc1cc(Cl)c2ccn(CCC3CCCO3)c2c1. The van der Waals surface area contributed by atoms with Crippen LogP contribution in [0.5, 0.6) is 0 Å². The smallest absolute Gasteiger partial charge is 0.0593 e. The van der Waals surface area contributed by atoms with Crippen LogP contribution in [0.3, 0.4) is 0 Å². The largest absolute Gasteiger partial charge is 0.378 e. The molecule has 2 aromatic rings. The Kier molecular flexibility index (Phi) is 3.51. The second-order valence-corrected chi connectivity index (χ2v) is 5.60. The fourth-order valence-corrected chi connectivity index (χ4v) is 3.11. The van der Waals surface area contributed by atoms with Crippen molar-refractivity contribution in [1.82, 2.24) is 4.57 Å². The Morgan fingerprint density at radius 2 is 2.22 bits per heavy atom. The molecule has 18 heavy (non-hydrogen) atoms. The van der Waals surface area contributed by atoms with E-state index in [9.17, 15) is 0 Å². The topological polar surface area (TPSA) is 14.2 Å². The number of halogens is 2. The third-order valence-electron chi connectivity index (χ3n) is 3.52. The van der Waals surface area contributed by atoms with E-state index in [1.807, 2.05) is 12.1 Å². The second kappa shape index (κ2) is 5.12. The van der Waals surface area contributed by atoms with Crippen LogP contribution < -0.4 is 0 Å². The lowest BCUT2D eigenvalue weighted by atomic mass is 10.2. The molecule has 3 rings (SSSR count). The Hall–Kier alpha value is -0.700.